The predicted octanol–water partition coefficient (Wildman–Crippen LogP) is 2.43. The number of halogens is 1. The van der Waals surface area contributed by atoms with Gasteiger partial charge in [0.2, 0.25) is 5.82 Å². The average molecular weight is 357 g/mol. The molecule has 0 atom stereocenters. The second-order valence-corrected chi connectivity index (χ2v) is 6.01. The third-order valence-corrected chi connectivity index (χ3v) is 4.21. The summed E-state index contributed by atoms with van der Waals surface area (Å²) >= 11 is 0. The third-order valence-electron chi connectivity index (χ3n) is 4.21. The average Bonchev–Trinajstić information content (AvgIpc) is 3.18. The molecule has 0 aliphatic carbocycles. The topological polar surface area (TPSA) is 74.8 Å². The van der Waals surface area contributed by atoms with Gasteiger partial charge in [0.1, 0.15) is 12.4 Å². The molecule has 0 saturated heterocycles. The summed E-state index contributed by atoms with van der Waals surface area (Å²) in [6, 6.07) is 7.79. The van der Waals surface area contributed by atoms with Gasteiger partial charge in [-0.05, 0) is 37.3 Å². The minimum absolute atomic E-state index is 0.0309. The molecule has 7 nitrogen and oxygen atoms in total. The van der Waals surface area contributed by atoms with Crippen molar-refractivity contribution >= 4 is 5.78 Å². The Kier molecular flexibility index (Phi) is 5.22. The van der Waals surface area contributed by atoms with Crippen LogP contribution in [0.5, 0.6) is 0 Å². The Balaban J connectivity index is 1.77. The second kappa shape index (κ2) is 7.57. The van der Waals surface area contributed by atoms with Crippen LogP contribution in [0.3, 0.4) is 0 Å². The molecule has 2 aromatic heterocycles. The quantitative estimate of drug-likeness (QED) is 0.607. The SMILES string of the molecule is COCCn1c(C)cc(C(=O)Cn2nnc(-c3cccc(F)c3)n2)c1C. The number of ketones is 1. The van der Waals surface area contributed by atoms with Crippen molar-refractivity contribution in [3.63, 3.8) is 0 Å². The molecule has 0 aliphatic heterocycles. The Morgan fingerprint density at radius 3 is 2.81 bits per heavy atom. The molecule has 3 rings (SSSR count). The number of hydrogen-bond donors (Lipinski definition) is 0. The molecule has 136 valence electrons. The van der Waals surface area contributed by atoms with Crippen LogP contribution in [0.15, 0.2) is 30.3 Å². The summed E-state index contributed by atoms with van der Waals surface area (Å²) in [4.78, 5) is 13.9. The molecule has 1 aromatic carbocycles. The van der Waals surface area contributed by atoms with Gasteiger partial charge in [-0.3, -0.25) is 4.79 Å². The van der Waals surface area contributed by atoms with Crippen molar-refractivity contribution in [3.05, 3.63) is 53.1 Å². The van der Waals surface area contributed by atoms with Crippen LogP contribution in [0.25, 0.3) is 11.4 Å². The summed E-state index contributed by atoms with van der Waals surface area (Å²) < 4.78 is 20.5. The zero-order valence-corrected chi connectivity index (χ0v) is 14.9. The van der Waals surface area contributed by atoms with E-state index in [9.17, 15) is 9.18 Å². The fraction of sp³-hybridized carbons (Fsp3) is 0.333. The van der Waals surface area contributed by atoms with E-state index in [1.807, 2.05) is 24.5 Å². The van der Waals surface area contributed by atoms with E-state index in [2.05, 4.69) is 15.4 Å². The maximum atomic E-state index is 13.3. The largest absolute Gasteiger partial charge is 0.383 e. The zero-order chi connectivity index (χ0) is 18.7. The van der Waals surface area contributed by atoms with Gasteiger partial charge in [-0.25, -0.2) is 4.39 Å². The van der Waals surface area contributed by atoms with Gasteiger partial charge in [-0.1, -0.05) is 12.1 Å². The smallest absolute Gasteiger partial charge is 0.205 e. The number of benzene rings is 1. The van der Waals surface area contributed by atoms with Gasteiger partial charge in [0.15, 0.2) is 5.78 Å². The van der Waals surface area contributed by atoms with E-state index in [0.29, 0.717) is 24.3 Å². The molecule has 3 aromatic rings. The van der Waals surface area contributed by atoms with Crippen molar-refractivity contribution < 1.29 is 13.9 Å². The number of aryl methyl sites for hydroxylation is 1. The zero-order valence-electron chi connectivity index (χ0n) is 14.9. The molecule has 0 spiro atoms. The van der Waals surface area contributed by atoms with Gasteiger partial charge in [-0.2, -0.15) is 4.80 Å². The van der Waals surface area contributed by atoms with Crippen LogP contribution < -0.4 is 0 Å². The Labute approximate surface area is 150 Å². The molecule has 0 saturated carbocycles. The van der Waals surface area contributed by atoms with Crippen molar-refractivity contribution in [1.82, 2.24) is 24.8 Å². The predicted molar refractivity (Wildman–Crippen MR) is 93.3 cm³/mol. The number of carbonyl (C=O) groups is 1. The fourth-order valence-electron chi connectivity index (χ4n) is 2.88. The number of rotatable bonds is 7. The van der Waals surface area contributed by atoms with Gasteiger partial charge >= 0.3 is 0 Å². The maximum Gasteiger partial charge on any atom is 0.205 e. The molecule has 0 N–H and O–H groups in total. The lowest BCUT2D eigenvalue weighted by Crippen LogP contribution is -2.14. The summed E-state index contributed by atoms with van der Waals surface area (Å²) in [6.45, 7) is 5.09. The minimum atomic E-state index is -0.376. The molecule has 0 amide bonds. The lowest BCUT2D eigenvalue weighted by molar-refractivity contribution is 0.0960. The summed E-state index contributed by atoms with van der Waals surface area (Å²) in [5.74, 6) is -0.203. The van der Waals surface area contributed by atoms with E-state index < -0.39 is 0 Å². The number of hydrogen-bond acceptors (Lipinski definition) is 5. The summed E-state index contributed by atoms with van der Waals surface area (Å²) in [5.41, 5.74) is 3.02. The fourth-order valence-corrected chi connectivity index (χ4v) is 2.88. The van der Waals surface area contributed by atoms with E-state index in [4.69, 9.17) is 4.74 Å². The molecule has 0 radical (unpaired) electrons. The highest BCUT2D eigenvalue weighted by Gasteiger charge is 2.17. The highest BCUT2D eigenvalue weighted by Crippen LogP contribution is 2.17. The first-order valence-electron chi connectivity index (χ1n) is 8.22. The van der Waals surface area contributed by atoms with Crippen molar-refractivity contribution in [2.45, 2.75) is 26.9 Å². The van der Waals surface area contributed by atoms with E-state index in [0.717, 1.165) is 11.4 Å². The van der Waals surface area contributed by atoms with Gasteiger partial charge in [0.05, 0.1) is 6.61 Å². The van der Waals surface area contributed by atoms with Crippen molar-refractivity contribution in [2.24, 2.45) is 0 Å². The van der Waals surface area contributed by atoms with Crippen LogP contribution in [-0.2, 0) is 17.8 Å². The van der Waals surface area contributed by atoms with Crippen LogP contribution >= 0.6 is 0 Å². The van der Waals surface area contributed by atoms with Gasteiger partial charge in [0, 0.05) is 36.2 Å². The first-order chi connectivity index (χ1) is 12.5. The van der Waals surface area contributed by atoms with Crippen molar-refractivity contribution in [3.8, 4) is 11.4 Å². The minimum Gasteiger partial charge on any atom is -0.383 e. The van der Waals surface area contributed by atoms with E-state index >= 15 is 0 Å². The normalized spacial score (nSPS) is 11.1. The van der Waals surface area contributed by atoms with E-state index in [1.54, 1.807) is 19.2 Å². The van der Waals surface area contributed by atoms with Crippen LogP contribution in [-0.4, -0.2) is 44.3 Å². The van der Waals surface area contributed by atoms with Crippen LogP contribution in [0, 0.1) is 19.7 Å². The Bertz CT molecular complexity index is 932. The molecular weight excluding hydrogens is 337 g/mol. The summed E-state index contributed by atoms with van der Waals surface area (Å²) in [7, 11) is 1.65. The Morgan fingerprint density at radius 2 is 2.08 bits per heavy atom. The Morgan fingerprint density at radius 1 is 1.27 bits per heavy atom. The number of nitrogens with zero attached hydrogens (tertiary/aromatic N) is 5. The lowest BCUT2D eigenvalue weighted by Gasteiger charge is -2.08. The molecule has 0 fully saturated rings. The van der Waals surface area contributed by atoms with E-state index in [-0.39, 0.29) is 24.0 Å². The van der Waals surface area contributed by atoms with E-state index in [1.165, 1.54) is 16.9 Å². The standard InChI is InChI=1S/C18H20FN5O2/c1-12-9-16(13(2)23(12)7-8-26-3)17(25)11-24-21-18(20-22-24)14-5-4-6-15(19)10-14/h4-6,9-10H,7-8,11H2,1-3H3. The number of aromatic nitrogens is 5. The molecule has 0 aliphatic rings. The molecule has 0 unspecified atom stereocenters. The first-order valence-corrected chi connectivity index (χ1v) is 8.22. The second-order valence-electron chi connectivity index (χ2n) is 6.01. The highest BCUT2D eigenvalue weighted by atomic mass is 19.1. The number of ether oxygens (including phenoxy) is 1. The number of tetrazole rings is 1. The number of methoxy groups -OCH3 is 1. The molecule has 2 heterocycles. The van der Waals surface area contributed by atoms with Crippen molar-refractivity contribution in [1.29, 1.82) is 0 Å². The lowest BCUT2D eigenvalue weighted by atomic mass is 10.1. The molecule has 26 heavy (non-hydrogen) atoms. The van der Waals surface area contributed by atoms with Gasteiger partial charge in [0.25, 0.3) is 0 Å². The number of Topliss-reactive ketones (excluding diaryl/α,β-unsaturated/α-hetero) is 1. The highest BCUT2D eigenvalue weighted by molar-refractivity contribution is 5.97. The van der Waals surface area contributed by atoms with Crippen molar-refractivity contribution in [2.75, 3.05) is 13.7 Å². The van der Waals surface area contributed by atoms with Crippen LogP contribution in [0.4, 0.5) is 4.39 Å². The third kappa shape index (κ3) is 3.70. The van der Waals surface area contributed by atoms with Gasteiger partial charge in [-0.15, -0.1) is 10.2 Å². The molecular formula is C18H20FN5O2. The van der Waals surface area contributed by atoms with Crippen LogP contribution in [0.2, 0.25) is 0 Å². The molecule has 0 bridgehead atoms. The number of carbonyl (C=O) groups excluding carboxylic acids is 1. The Hall–Kier alpha value is -2.87. The first kappa shape index (κ1) is 17.9. The summed E-state index contributed by atoms with van der Waals surface area (Å²) in [5, 5.41) is 12.0. The maximum absolute atomic E-state index is 13.3. The van der Waals surface area contributed by atoms with Crippen LogP contribution in [0.1, 0.15) is 21.7 Å². The monoisotopic (exact) mass is 357 g/mol. The summed E-state index contributed by atoms with van der Waals surface area (Å²) in [6.07, 6.45) is 0. The molecule has 8 heteroatoms. The van der Waals surface area contributed by atoms with Gasteiger partial charge < -0.3 is 9.30 Å².